The molecule has 3 rings (SSSR count). The molecule has 0 spiro atoms. The van der Waals surface area contributed by atoms with E-state index in [1.165, 1.54) is 11.5 Å². The van der Waals surface area contributed by atoms with Gasteiger partial charge in [-0.3, -0.25) is 19.0 Å². The Bertz CT molecular complexity index is 872. The second kappa shape index (κ2) is 5.01. The number of fused-ring (bicyclic) bond motifs is 1. The molecule has 1 aromatic carbocycles. The molecule has 1 aliphatic carbocycles. The van der Waals surface area contributed by atoms with Gasteiger partial charge >= 0.3 is 0 Å². The van der Waals surface area contributed by atoms with Crippen LogP contribution in [0.4, 0.5) is 4.39 Å². The summed E-state index contributed by atoms with van der Waals surface area (Å²) in [6.45, 7) is 1.53. The number of carbonyl (C=O) groups is 2. The SMILES string of the molecule is Cc1nc2cc(F)cc(O)c2c(=O)n1[C@H]1CCC(=O)CC1=O. The summed E-state index contributed by atoms with van der Waals surface area (Å²) in [7, 11) is 0. The van der Waals surface area contributed by atoms with Crippen LogP contribution in [-0.2, 0) is 9.59 Å². The van der Waals surface area contributed by atoms with Crippen LogP contribution in [0.1, 0.15) is 31.1 Å². The minimum absolute atomic E-state index is 0.0376. The Morgan fingerprint density at radius 1 is 1.32 bits per heavy atom. The van der Waals surface area contributed by atoms with E-state index in [1.807, 2.05) is 0 Å². The number of phenolic OH excluding ortho intramolecular Hbond substituents is 1. The molecule has 0 radical (unpaired) electrons. The summed E-state index contributed by atoms with van der Waals surface area (Å²) in [4.78, 5) is 40.1. The Hall–Kier alpha value is -2.57. The monoisotopic (exact) mass is 304 g/mol. The number of hydrogen-bond acceptors (Lipinski definition) is 5. The summed E-state index contributed by atoms with van der Waals surface area (Å²) in [5, 5.41) is 9.69. The normalized spacial score (nSPS) is 18.9. The molecule has 1 aliphatic rings. The summed E-state index contributed by atoms with van der Waals surface area (Å²) < 4.78 is 14.5. The predicted molar refractivity (Wildman–Crippen MR) is 75.3 cm³/mol. The standard InChI is InChI=1S/C15H13FN2O4/c1-7-17-10-4-8(16)5-13(21)14(10)15(22)18(7)11-3-2-9(19)6-12(11)20/h4-5,11,21H,2-3,6H2,1H3/t11-/m0/s1. The fourth-order valence-electron chi connectivity index (χ4n) is 2.88. The van der Waals surface area contributed by atoms with Crippen LogP contribution in [0.3, 0.4) is 0 Å². The van der Waals surface area contributed by atoms with Crippen molar-refractivity contribution in [3.8, 4) is 5.75 Å². The highest BCUT2D eigenvalue weighted by Crippen LogP contribution is 2.26. The summed E-state index contributed by atoms with van der Waals surface area (Å²) in [6.07, 6.45) is 0.243. The van der Waals surface area contributed by atoms with Crippen LogP contribution in [0.15, 0.2) is 16.9 Å². The van der Waals surface area contributed by atoms with Gasteiger partial charge in [0.15, 0.2) is 5.78 Å². The molecule has 22 heavy (non-hydrogen) atoms. The Labute approximate surface area is 124 Å². The number of nitrogens with zero attached hydrogens (tertiary/aromatic N) is 2. The van der Waals surface area contributed by atoms with E-state index in [9.17, 15) is 23.9 Å². The lowest BCUT2D eigenvalue weighted by molar-refractivity contribution is -0.132. The highest BCUT2D eigenvalue weighted by molar-refractivity contribution is 6.03. The van der Waals surface area contributed by atoms with Gasteiger partial charge in [0.1, 0.15) is 28.6 Å². The maximum atomic E-state index is 13.3. The lowest BCUT2D eigenvalue weighted by Gasteiger charge is -2.24. The first kappa shape index (κ1) is 14.4. The molecule has 6 nitrogen and oxygen atoms in total. The molecule has 0 amide bonds. The molecule has 0 saturated heterocycles. The first-order chi connectivity index (χ1) is 10.4. The van der Waals surface area contributed by atoms with Crippen LogP contribution in [-0.4, -0.2) is 26.2 Å². The van der Waals surface area contributed by atoms with Gasteiger partial charge in [-0.25, -0.2) is 9.37 Å². The molecule has 1 saturated carbocycles. The van der Waals surface area contributed by atoms with Crippen molar-refractivity contribution < 1.29 is 19.1 Å². The van der Waals surface area contributed by atoms with E-state index >= 15 is 0 Å². The van der Waals surface area contributed by atoms with Crippen LogP contribution in [0, 0.1) is 12.7 Å². The van der Waals surface area contributed by atoms with Crippen LogP contribution < -0.4 is 5.56 Å². The van der Waals surface area contributed by atoms with Crippen molar-refractivity contribution in [2.45, 2.75) is 32.2 Å². The molecule has 1 fully saturated rings. The Balaban J connectivity index is 2.25. The highest BCUT2D eigenvalue weighted by Gasteiger charge is 2.31. The molecular formula is C15H13FN2O4. The third kappa shape index (κ3) is 2.18. The van der Waals surface area contributed by atoms with Gasteiger partial charge in [-0.2, -0.15) is 0 Å². The number of aromatic hydroxyl groups is 1. The third-order valence-corrected chi connectivity index (χ3v) is 3.88. The van der Waals surface area contributed by atoms with E-state index < -0.39 is 23.2 Å². The molecule has 0 unspecified atom stereocenters. The van der Waals surface area contributed by atoms with E-state index in [-0.39, 0.29) is 47.6 Å². The summed E-state index contributed by atoms with van der Waals surface area (Å²) in [6, 6.07) is 1.11. The molecule has 1 atom stereocenters. The molecule has 1 aromatic heterocycles. The zero-order valence-electron chi connectivity index (χ0n) is 11.8. The van der Waals surface area contributed by atoms with Crippen molar-refractivity contribution >= 4 is 22.5 Å². The van der Waals surface area contributed by atoms with E-state index in [2.05, 4.69) is 4.98 Å². The maximum absolute atomic E-state index is 13.3. The second-order valence-corrected chi connectivity index (χ2v) is 5.39. The van der Waals surface area contributed by atoms with Gasteiger partial charge in [-0.15, -0.1) is 0 Å². The van der Waals surface area contributed by atoms with Crippen LogP contribution in [0.25, 0.3) is 10.9 Å². The van der Waals surface area contributed by atoms with Gasteiger partial charge in [0.2, 0.25) is 0 Å². The van der Waals surface area contributed by atoms with Crippen molar-refractivity contribution in [1.82, 2.24) is 9.55 Å². The fraction of sp³-hybridized carbons (Fsp3) is 0.333. The molecule has 0 aliphatic heterocycles. The third-order valence-electron chi connectivity index (χ3n) is 3.88. The number of hydrogen-bond donors (Lipinski definition) is 1. The number of Topliss-reactive ketones (excluding diaryl/α,β-unsaturated/α-hetero) is 2. The van der Waals surface area contributed by atoms with Crippen LogP contribution in [0.5, 0.6) is 5.75 Å². The highest BCUT2D eigenvalue weighted by atomic mass is 19.1. The maximum Gasteiger partial charge on any atom is 0.265 e. The number of aromatic nitrogens is 2. The van der Waals surface area contributed by atoms with Crippen LogP contribution in [0.2, 0.25) is 0 Å². The number of aryl methyl sites for hydroxylation is 1. The second-order valence-electron chi connectivity index (χ2n) is 5.39. The van der Waals surface area contributed by atoms with Gasteiger partial charge in [0.05, 0.1) is 18.0 Å². The molecule has 114 valence electrons. The van der Waals surface area contributed by atoms with Gasteiger partial charge < -0.3 is 5.11 Å². The van der Waals surface area contributed by atoms with Gasteiger partial charge in [0.25, 0.3) is 5.56 Å². The average Bonchev–Trinajstić information content (AvgIpc) is 2.39. The van der Waals surface area contributed by atoms with Crippen molar-refractivity contribution in [3.05, 3.63) is 34.1 Å². The first-order valence-electron chi connectivity index (χ1n) is 6.84. The van der Waals surface area contributed by atoms with E-state index in [4.69, 9.17) is 0 Å². The molecule has 7 heteroatoms. The largest absolute Gasteiger partial charge is 0.507 e. The average molecular weight is 304 g/mol. The van der Waals surface area contributed by atoms with Crippen molar-refractivity contribution in [2.24, 2.45) is 0 Å². The molecule has 1 N–H and O–H groups in total. The lowest BCUT2D eigenvalue weighted by Crippen LogP contribution is -2.36. The molecular weight excluding hydrogens is 291 g/mol. The molecule has 1 heterocycles. The quantitative estimate of drug-likeness (QED) is 0.805. The topological polar surface area (TPSA) is 89.3 Å². The minimum atomic E-state index is -0.772. The number of benzene rings is 1. The lowest BCUT2D eigenvalue weighted by atomic mass is 9.92. The number of halogens is 1. The number of carbonyl (C=O) groups excluding carboxylic acids is 2. The van der Waals surface area contributed by atoms with E-state index in [0.29, 0.717) is 0 Å². The summed E-state index contributed by atoms with van der Waals surface area (Å²) >= 11 is 0. The number of phenols is 1. The van der Waals surface area contributed by atoms with Crippen LogP contribution >= 0.6 is 0 Å². The predicted octanol–water partition coefficient (Wildman–Crippen LogP) is 1.41. The van der Waals surface area contributed by atoms with E-state index in [1.54, 1.807) is 0 Å². The zero-order chi connectivity index (χ0) is 16.0. The molecule has 0 bridgehead atoms. The molecule has 2 aromatic rings. The number of rotatable bonds is 1. The minimum Gasteiger partial charge on any atom is -0.507 e. The Morgan fingerprint density at radius 2 is 2.05 bits per heavy atom. The van der Waals surface area contributed by atoms with E-state index in [0.717, 1.165) is 12.1 Å². The van der Waals surface area contributed by atoms with Crippen molar-refractivity contribution in [3.63, 3.8) is 0 Å². The Morgan fingerprint density at radius 3 is 2.73 bits per heavy atom. The van der Waals surface area contributed by atoms with Gasteiger partial charge in [0, 0.05) is 18.6 Å². The van der Waals surface area contributed by atoms with Crippen molar-refractivity contribution in [2.75, 3.05) is 0 Å². The van der Waals surface area contributed by atoms with Gasteiger partial charge in [-0.1, -0.05) is 0 Å². The fourth-order valence-corrected chi connectivity index (χ4v) is 2.88. The zero-order valence-corrected chi connectivity index (χ0v) is 11.8. The summed E-state index contributed by atoms with van der Waals surface area (Å²) in [5.74, 6) is -1.46. The Kier molecular flexibility index (Phi) is 3.27. The first-order valence-corrected chi connectivity index (χ1v) is 6.84. The van der Waals surface area contributed by atoms with Crippen molar-refractivity contribution in [1.29, 1.82) is 0 Å². The smallest absolute Gasteiger partial charge is 0.265 e. The summed E-state index contributed by atoms with van der Waals surface area (Å²) in [5.41, 5.74) is -0.566. The van der Waals surface area contributed by atoms with Gasteiger partial charge in [-0.05, 0) is 13.3 Å². The number of ketones is 2.